The zero-order valence-electron chi connectivity index (χ0n) is 25.1. The molecule has 0 radical (unpaired) electrons. The average molecular weight is 769 g/mol. The van der Waals surface area contributed by atoms with E-state index in [1.54, 1.807) is 132 Å². The third-order valence-corrected chi connectivity index (χ3v) is 17.2. The molecule has 0 atom stereocenters. The Morgan fingerprint density at radius 2 is 0.804 bits per heavy atom. The number of ether oxygens (including phenoxy) is 2. The zero-order chi connectivity index (χ0) is 32.7. The molecule has 0 bridgehead atoms. The van der Waals surface area contributed by atoms with Crippen molar-refractivity contribution < 1.29 is 28.7 Å². The van der Waals surface area contributed by atoms with Crippen LogP contribution in [0.15, 0.2) is 86.1 Å². The van der Waals surface area contributed by atoms with Crippen molar-refractivity contribution >= 4 is 118 Å². The molecule has 2 heterocycles. The third-order valence-electron chi connectivity index (χ3n) is 5.64. The minimum atomic E-state index is -0.281. The second-order valence-electron chi connectivity index (χ2n) is 9.51. The van der Waals surface area contributed by atoms with Crippen molar-refractivity contribution in [3.05, 3.63) is 86.1 Å². The Morgan fingerprint density at radius 3 is 1.11 bits per heavy atom. The number of rotatable bonds is 18. The van der Waals surface area contributed by atoms with Gasteiger partial charge in [-0.15, -0.1) is 47.0 Å². The maximum absolute atomic E-state index is 12.5. The molecular weight excluding hydrogens is 737 g/mol. The van der Waals surface area contributed by atoms with Crippen molar-refractivity contribution in [2.45, 2.75) is 39.5 Å². The van der Waals surface area contributed by atoms with Gasteiger partial charge in [0.15, 0.2) is 0 Å². The first-order valence-electron chi connectivity index (χ1n) is 14.2. The van der Waals surface area contributed by atoms with Gasteiger partial charge in [0.05, 0.1) is 38.3 Å². The van der Waals surface area contributed by atoms with Crippen LogP contribution in [0.1, 0.15) is 39.5 Å². The number of benzene rings is 2. The largest absolute Gasteiger partial charge is 0.427 e. The van der Waals surface area contributed by atoms with E-state index >= 15 is 0 Å². The molecule has 0 N–H and O–H groups in total. The van der Waals surface area contributed by atoms with Gasteiger partial charge in [-0.1, -0.05) is 83.4 Å². The van der Waals surface area contributed by atoms with E-state index in [0.717, 1.165) is 24.2 Å². The van der Waals surface area contributed by atoms with Crippen molar-refractivity contribution in [1.82, 2.24) is 0 Å². The maximum atomic E-state index is 12.5. The number of ketones is 2. The van der Waals surface area contributed by atoms with Crippen molar-refractivity contribution in [1.29, 1.82) is 0 Å². The molecule has 0 saturated heterocycles. The minimum absolute atomic E-state index is 0.169. The highest BCUT2D eigenvalue weighted by atomic mass is 32.3. The lowest BCUT2D eigenvalue weighted by molar-refractivity contribution is -0.134. The standard InChI is InChI=1S/C32H32O6S8/c1-21(33)13-17-39-27-28(40-18-14-22(2)34)44-31(43-27)32-45-29(41-19-15-25(35)37-23-9-5-3-6-10-23)30(46-32)42-20-16-26(36)38-24-11-7-4-8-12-24/h3-12H,13-20H2,1-2H3. The first-order valence-corrected chi connectivity index (χ1v) is 21.4. The predicted octanol–water partition coefficient (Wildman–Crippen LogP) is 10.2. The quantitative estimate of drug-likeness (QED) is 0.106. The summed E-state index contributed by atoms with van der Waals surface area (Å²) >= 11 is 13.5. The minimum Gasteiger partial charge on any atom is -0.427 e. The van der Waals surface area contributed by atoms with Gasteiger partial charge in [-0.25, -0.2) is 0 Å². The van der Waals surface area contributed by atoms with Crippen LogP contribution in [0.5, 0.6) is 11.5 Å². The van der Waals surface area contributed by atoms with Crippen LogP contribution in [0, 0.1) is 0 Å². The van der Waals surface area contributed by atoms with Gasteiger partial charge < -0.3 is 9.47 Å². The SMILES string of the molecule is CC(=O)CCSC1=C(SCCC(C)=O)SC(=C2SC(SCCC(=O)Oc3ccccc3)=C(SCCC(=O)Oc3ccccc3)S2)S1. The fraction of sp³-hybridized carbons (Fsp3) is 0.312. The van der Waals surface area contributed by atoms with Crippen LogP contribution in [0.2, 0.25) is 0 Å². The summed E-state index contributed by atoms with van der Waals surface area (Å²) in [4.78, 5) is 48.1. The Morgan fingerprint density at radius 1 is 0.500 bits per heavy atom. The molecule has 14 heteroatoms. The molecule has 2 aliphatic heterocycles. The predicted molar refractivity (Wildman–Crippen MR) is 205 cm³/mol. The van der Waals surface area contributed by atoms with E-state index < -0.39 is 0 Å². The Bertz CT molecular complexity index is 1380. The molecule has 6 nitrogen and oxygen atoms in total. The van der Waals surface area contributed by atoms with Crippen LogP contribution in [-0.2, 0) is 19.2 Å². The Labute approximate surface area is 304 Å². The van der Waals surface area contributed by atoms with Crippen LogP contribution in [0.4, 0.5) is 0 Å². The summed E-state index contributed by atoms with van der Waals surface area (Å²) in [5.74, 6) is 3.41. The van der Waals surface area contributed by atoms with E-state index in [2.05, 4.69) is 0 Å². The lowest BCUT2D eigenvalue weighted by Crippen LogP contribution is -2.08. The lowest BCUT2D eigenvalue weighted by atomic mass is 10.3. The van der Waals surface area contributed by atoms with Crippen molar-refractivity contribution in [3.63, 3.8) is 0 Å². The van der Waals surface area contributed by atoms with E-state index in [4.69, 9.17) is 9.47 Å². The molecular formula is C32H32O6S8. The molecule has 0 unspecified atom stereocenters. The Balaban J connectivity index is 1.40. The van der Waals surface area contributed by atoms with Crippen molar-refractivity contribution in [3.8, 4) is 11.5 Å². The Kier molecular flexibility index (Phi) is 16.6. The molecule has 2 aliphatic rings. The maximum Gasteiger partial charge on any atom is 0.312 e. The fourth-order valence-electron chi connectivity index (χ4n) is 3.44. The molecule has 0 saturated carbocycles. The van der Waals surface area contributed by atoms with E-state index in [1.807, 2.05) is 36.4 Å². The van der Waals surface area contributed by atoms with Crippen LogP contribution < -0.4 is 9.47 Å². The summed E-state index contributed by atoms with van der Waals surface area (Å²) in [5, 5.41) is 0. The summed E-state index contributed by atoms with van der Waals surface area (Å²) in [7, 11) is 0. The van der Waals surface area contributed by atoms with E-state index in [-0.39, 0.29) is 36.3 Å². The highest BCUT2D eigenvalue weighted by molar-refractivity contribution is 8.45. The van der Waals surface area contributed by atoms with Crippen LogP contribution >= 0.6 is 94.1 Å². The second-order valence-corrected chi connectivity index (χ2v) is 19.6. The summed E-state index contributed by atoms with van der Waals surface area (Å²) in [6, 6.07) is 18.1. The zero-order valence-corrected chi connectivity index (χ0v) is 31.7. The van der Waals surface area contributed by atoms with Crippen LogP contribution in [-0.4, -0.2) is 46.5 Å². The smallest absolute Gasteiger partial charge is 0.312 e. The number of esters is 2. The number of carbonyl (C=O) groups excluding carboxylic acids is 4. The average Bonchev–Trinajstić information content (AvgIpc) is 3.62. The molecule has 0 amide bonds. The number of Topliss-reactive ketones (excluding diaryl/α,β-unsaturated/α-hetero) is 2. The number of thioether (sulfide) groups is 8. The molecule has 0 spiro atoms. The number of hydrogen-bond donors (Lipinski definition) is 0. The molecule has 0 aromatic heterocycles. The fourth-order valence-corrected chi connectivity index (χ4v) is 15.6. The second kappa shape index (κ2) is 20.3. The van der Waals surface area contributed by atoms with Crippen molar-refractivity contribution in [2.24, 2.45) is 0 Å². The van der Waals surface area contributed by atoms with E-state index in [0.29, 0.717) is 35.8 Å². The third kappa shape index (κ3) is 13.3. The molecule has 0 fully saturated rings. The molecule has 0 aliphatic carbocycles. The molecule has 2 aromatic carbocycles. The normalized spacial score (nSPS) is 14.7. The van der Waals surface area contributed by atoms with Gasteiger partial charge in [0.2, 0.25) is 0 Å². The summed E-state index contributed by atoms with van der Waals surface area (Å²) in [5.41, 5.74) is 0. The van der Waals surface area contributed by atoms with Crippen LogP contribution in [0.25, 0.3) is 0 Å². The molecule has 4 rings (SSSR count). The summed E-state index contributed by atoms with van der Waals surface area (Å²) in [6.45, 7) is 3.22. The number of carbonyl (C=O) groups is 4. The van der Waals surface area contributed by atoms with Gasteiger partial charge in [-0.3, -0.25) is 19.2 Å². The lowest BCUT2D eigenvalue weighted by Gasteiger charge is -2.06. The first-order chi connectivity index (χ1) is 22.3. The number of hydrogen-bond acceptors (Lipinski definition) is 14. The monoisotopic (exact) mass is 768 g/mol. The van der Waals surface area contributed by atoms with Crippen molar-refractivity contribution in [2.75, 3.05) is 23.0 Å². The van der Waals surface area contributed by atoms with Gasteiger partial charge in [0.1, 0.15) is 23.1 Å². The molecule has 46 heavy (non-hydrogen) atoms. The van der Waals surface area contributed by atoms with Gasteiger partial charge in [0, 0.05) is 35.9 Å². The summed E-state index contributed by atoms with van der Waals surface area (Å²) < 4.78 is 17.8. The van der Waals surface area contributed by atoms with E-state index in [9.17, 15) is 19.2 Å². The van der Waals surface area contributed by atoms with Gasteiger partial charge >= 0.3 is 11.9 Å². The number of para-hydroxylation sites is 2. The first kappa shape index (κ1) is 37.6. The highest BCUT2D eigenvalue weighted by Gasteiger charge is 2.31. The summed E-state index contributed by atoms with van der Waals surface area (Å²) in [6.07, 6.45) is 1.56. The molecule has 244 valence electrons. The van der Waals surface area contributed by atoms with Crippen LogP contribution in [0.3, 0.4) is 0 Å². The Hall–Kier alpha value is -1.26. The van der Waals surface area contributed by atoms with Gasteiger partial charge in [0.25, 0.3) is 0 Å². The topological polar surface area (TPSA) is 86.7 Å². The van der Waals surface area contributed by atoms with Gasteiger partial charge in [-0.2, -0.15) is 0 Å². The van der Waals surface area contributed by atoms with Gasteiger partial charge in [-0.05, 0) is 38.1 Å². The van der Waals surface area contributed by atoms with E-state index in [1.165, 1.54) is 12.7 Å². The highest BCUT2D eigenvalue weighted by Crippen LogP contribution is 2.66. The molecule has 2 aromatic rings.